The predicted octanol–water partition coefficient (Wildman–Crippen LogP) is 3.31. The first-order valence-corrected chi connectivity index (χ1v) is 8.97. The first-order chi connectivity index (χ1) is 13.3. The van der Waals surface area contributed by atoms with E-state index >= 15 is 0 Å². The highest BCUT2D eigenvalue weighted by atomic mass is 19.4. The summed E-state index contributed by atoms with van der Waals surface area (Å²) in [4.78, 5) is 8.43. The van der Waals surface area contributed by atoms with E-state index in [2.05, 4.69) is 25.8 Å². The standard InChI is InChI=1S/C18H24F3N5O2/c1-4-14(27-15-8-6-7-13(9-15)18(19,20)21)10-23-17(22-5-2)24-11-16-25-12(3)26-28-16/h6-9,14H,4-5,10-11H2,1-3H3,(H2,22,23,24). The average Bonchev–Trinajstić information content (AvgIpc) is 3.07. The molecule has 1 atom stereocenters. The highest BCUT2D eigenvalue weighted by Crippen LogP contribution is 2.31. The van der Waals surface area contributed by atoms with E-state index in [9.17, 15) is 13.2 Å². The van der Waals surface area contributed by atoms with E-state index in [-0.39, 0.29) is 18.4 Å². The summed E-state index contributed by atoms with van der Waals surface area (Å²) in [5, 5.41) is 9.90. The largest absolute Gasteiger partial charge is 0.489 e. The maximum atomic E-state index is 12.8. The van der Waals surface area contributed by atoms with E-state index in [4.69, 9.17) is 9.26 Å². The summed E-state index contributed by atoms with van der Waals surface area (Å²) in [6, 6.07) is 4.85. The van der Waals surface area contributed by atoms with Crippen LogP contribution in [0.3, 0.4) is 0 Å². The van der Waals surface area contributed by atoms with Crippen molar-refractivity contribution in [3.63, 3.8) is 0 Å². The maximum Gasteiger partial charge on any atom is 0.416 e. The zero-order chi connectivity index (χ0) is 20.6. The molecule has 1 unspecified atom stereocenters. The predicted molar refractivity (Wildman–Crippen MR) is 98.0 cm³/mol. The highest BCUT2D eigenvalue weighted by Gasteiger charge is 2.30. The summed E-state index contributed by atoms with van der Waals surface area (Å²) in [5.74, 6) is 1.61. The molecule has 1 aromatic heterocycles. The van der Waals surface area contributed by atoms with Gasteiger partial charge in [-0.15, -0.1) is 0 Å². The van der Waals surface area contributed by atoms with E-state index < -0.39 is 11.7 Å². The third-order valence-electron chi connectivity index (χ3n) is 3.70. The first kappa shape index (κ1) is 21.5. The molecule has 0 radical (unpaired) electrons. The average molecular weight is 399 g/mol. The van der Waals surface area contributed by atoms with Crippen LogP contribution in [-0.4, -0.2) is 35.3 Å². The molecule has 0 aliphatic rings. The number of guanidine groups is 1. The SMILES string of the molecule is CCNC(=NCc1nc(C)no1)NCC(CC)Oc1cccc(C(F)(F)F)c1. The number of aromatic nitrogens is 2. The normalized spacial score (nSPS) is 13.3. The molecule has 0 saturated carbocycles. The van der Waals surface area contributed by atoms with E-state index in [0.717, 1.165) is 12.1 Å². The number of nitrogens with one attached hydrogen (secondary N) is 2. The van der Waals surface area contributed by atoms with Crippen molar-refractivity contribution in [2.24, 2.45) is 4.99 Å². The molecule has 0 amide bonds. The molecule has 0 spiro atoms. The monoisotopic (exact) mass is 399 g/mol. The lowest BCUT2D eigenvalue weighted by molar-refractivity contribution is -0.137. The van der Waals surface area contributed by atoms with Crippen LogP contribution in [-0.2, 0) is 12.7 Å². The smallest absolute Gasteiger partial charge is 0.416 e. The van der Waals surface area contributed by atoms with Crippen LogP contribution in [0.1, 0.15) is 37.5 Å². The fraction of sp³-hybridized carbons (Fsp3) is 0.500. The molecule has 7 nitrogen and oxygen atoms in total. The van der Waals surface area contributed by atoms with Gasteiger partial charge in [-0.2, -0.15) is 18.2 Å². The Morgan fingerprint density at radius 2 is 2.07 bits per heavy atom. The van der Waals surface area contributed by atoms with Gasteiger partial charge < -0.3 is 19.9 Å². The maximum absolute atomic E-state index is 12.8. The number of aliphatic imine (C=N–C) groups is 1. The Morgan fingerprint density at radius 1 is 1.29 bits per heavy atom. The summed E-state index contributed by atoms with van der Waals surface area (Å²) in [7, 11) is 0. The first-order valence-electron chi connectivity index (χ1n) is 8.97. The summed E-state index contributed by atoms with van der Waals surface area (Å²) >= 11 is 0. The lowest BCUT2D eigenvalue weighted by atomic mass is 10.2. The van der Waals surface area contributed by atoms with Crippen LogP contribution in [0.25, 0.3) is 0 Å². The van der Waals surface area contributed by atoms with Crippen LogP contribution >= 0.6 is 0 Å². The Hall–Kier alpha value is -2.78. The van der Waals surface area contributed by atoms with Crippen LogP contribution in [0.2, 0.25) is 0 Å². The highest BCUT2D eigenvalue weighted by molar-refractivity contribution is 5.79. The van der Waals surface area contributed by atoms with Crippen molar-refractivity contribution in [3.05, 3.63) is 41.5 Å². The van der Waals surface area contributed by atoms with Crippen LogP contribution in [0.4, 0.5) is 13.2 Å². The Labute approximate surface area is 161 Å². The molecule has 0 aliphatic carbocycles. The number of aryl methyl sites for hydroxylation is 1. The van der Waals surface area contributed by atoms with Gasteiger partial charge in [0, 0.05) is 6.54 Å². The van der Waals surface area contributed by atoms with Crippen molar-refractivity contribution in [3.8, 4) is 5.75 Å². The number of rotatable bonds is 8. The molecular formula is C18H24F3N5O2. The van der Waals surface area contributed by atoms with E-state index in [1.165, 1.54) is 12.1 Å². The molecule has 0 saturated heterocycles. The van der Waals surface area contributed by atoms with Crippen LogP contribution < -0.4 is 15.4 Å². The minimum atomic E-state index is -4.41. The van der Waals surface area contributed by atoms with E-state index in [1.807, 2.05) is 13.8 Å². The second kappa shape index (κ2) is 9.95. The summed E-state index contributed by atoms with van der Waals surface area (Å²) in [5.41, 5.74) is -0.738. The summed E-state index contributed by atoms with van der Waals surface area (Å²) in [6.07, 6.45) is -4.14. The van der Waals surface area contributed by atoms with E-state index in [1.54, 1.807) is 6.92 Å². The number of hydrogen-bond acceptors (Lipinski definition) is 5. The molecular weight excluding hydrogens is 375 g/mol. The lowest BCUT2D eigenvalue weighted by Crippen LogP contribution is -2.42. The van der Waals surface area contributed by atoms with Crippen molar-refractivity contribution >= 4 is 5.96 Å². The third-order valence-corrected chi connectivity index (χ3v) is 3.70. The third kappa shape index (κ3) is 6.75. The Balaban J connectivity index is 1.96. The second-order valence-electron chi connectivity index (χ2n) is 5.99. The number of ether oxygens (including phenoxy) is 1. The molecule has 2 rings (SSSR count). The minimum absolute atomic E-state index is 0.173. The molecule has 2 aromatic rings. The van der Waals surface area contributed by atoms with Crippen molar-refractivity contribution in [1.29, 1.82) is 0 Å². The lowest BCUT2D eigenvalue weighted by Gasteiger charge is -2.20. The van der Waals surface area contributed by atoms with Gasteiger partial charge in [-0.25, -0.2) is 4.99 Å². The Bertz CT molecular complexity index is 777. The van der Waals surface area contributed by atoms with Gasteiger partial charge in [-0.3, -0.25) is 0 Å². The molecule has 0 bridgehead atoms. The second-order valence-corrected chi connectivity index (χ2v) is 5.99. The quantitative estimate of drug-likeness (QED) is 0.523. The Morgan fingerprint density at radius 3 is 2.68 bits per heavy atom. The van der Waals surface area contributed by atoms with Gasteiger partial charge >= 0.3 is 6.18 Å². The van der Waals surface area contributed by atoms with Crippen LogP contribution in [0, 0.1) is 6.92 Å². The Kier molecular flexibility index (Phi) is 7.65. The zero-order valence-electron chi connectivity index (χ0n) is 16.0. The summed E-state index contributed by atoms with van der Waals surface area (Å²) < 4.78 is 49.3. The van der Waals surface area contributed by atoms with Gasteiger partial charge in [0.1, 0.15) is 18.4 Å². The molecule has 154 valence electrons. The van der Waals surface area contributed by atoms with Gasteiger partial charge in [0.15, 0.2) is 11.8 Å². The zero-order valence-corrected chi connectivity index (χ0v) is 16.0. The molecule has 1 aromatic carbocycles. The van der Waals surface area contributed by atoms with Gasteiger partial charge in [0.2, 0.25) is 5.89 Å². The number of alkyl halides is 3. The number of halogens is 3. The fourth-order valence-electron chi connectivity index (χ4n) is 2.31. The minimum Gasteiger partial charge on any atom is -0.489 e. The molecule has 28 heavy (non-hydrogen) atoms. The van der Waals surface area contributed by atoms with Gasteiger partial charge in [-0.1, -0.05) is 18.1 Å². The van der Waals surface area contributed by atoms with Gasteiger partial charge in [-0.05, 0) is 38.5 Å². The van der Waals surface area contributed by atoms with E-state index in [0.29, 0.717) is 37.2 Å². The molecule has 1 heterocycles. The molecule has 2 N–H and O–H groups in total. The fourth-order valence-corrected chi connectivity index (χ4v) is 2.31. The molecule has 0 aliphatic heterocycles. The van der Waals surface area contributed by atoms with Crippen LogP contribution in [0.15, 0.2) is 33.8 Å². The number of hydrogen-bond donors (Lipinski definition) is 2. The van der Waals surface area contributed by atoms with Crippen LogP contribution in [0.5, 0.6) is 5.75 Å². The molecule has 0 fully saturated rings. The summed E-state index contributed by atoms with van der Waals surface area (Å²) in [6.45, 7) is 6.75. The van der Waals surface area contributed by atoms with Crippen molar-refractivity contribution < 1.29 is 22.4 Å². The van der Waals surface area contributed by atoms with Gasteiger partial charge in [0.05, 0.1) is 12.1 Å². The van der Waals surface area contributed by atoms with Crippen molar-refractivity contribution in [2.75, 3.05) is 13.1 Å². The topological polar surface area (TPSA) is 84.6 Å². The van der Waals surface area contributed by atoms with Crippen molar-refractivity contribution in [2.45, 2.75) is 46.0 Å². The number of benzene rings is 1. The van der Waals surface area contributed by atoms with Crippen molar-refractivity contribution in [1.82, 2.24) is 20.8 Å². The molecule has 10 heteroatoms. The van der Waals surface area contributed by atoms with Gasteiger partial charge in [0.25, 0.3) is 0 Å². The number of nitrogens with zero attached hydrogens (tertiary/aromatic N) is 3.